The van der Waals surface area contributed by atoms with Crippen molar-refractivity contribution in [3.8, 4) is 0 Å². The average Bonchev–Trinajstić information content (AvgIpc) is 2.06. The number of esters is 1. The Balaban J connectivity index is 2.96. The van der Waals surface area contributed by atoms with Gasteiger partial charge in [0, 0.05) is 0 Å². The van der Waals surface area contributed by atoms with E-state index in [4.69, 9.17) is 10.5 Å². The van der Waals surface area contributed by atoms with Gasteiger partial charge in [-0.05, 0) is 49.4 Å². The van der Waals surface area contributed by atoms with E-state index in [1.165, 1.54) is 6.20 Å². The minimum Gasteiger partial charge on any atom is -0.456 e. The molecular weight excluding hydrogens is 307 g/mol. The lowest BCUT2D eigenvalue weighted by Gasteiger charge is -2.19. The third-order valence-electron chi connectivity index (χ3n) is 1.48. The minimum absolute atomic E-state index is 0.397. The topological polar surface area (TPSA) is 65.2 Å². The summed E-state index contributed by atoms with van der Waals surface area (Å²) in [6.07, 6.45) is 1.51. The molecule has 0 saturated carbocycles. The standard InChI is InChI=1S/C10H13IN2O2/c1-10(2,3)15-9(14)7-4-6(12)5-13-8(7)11/h4-5H,12H2,1-3H3. The number of nitrogens with zero attached hydrogens (tertiary/aromatic N) is 1. The Morgan fingerprint density at radius 3 is 2.67 bits per heavy atom. The lowest BCUT2D eigenvalue weighted by Crippen LogP contribution is -2.24. The average molecular weight is 320 g/mol. The van der Waals surface area contributed by atoms with Gasteiger partial charge in [-0.1, -0.05) is 0 Å². The third-order valence-corrected chi connectivity index (χ3v) is 2.34. The maximum Gasteiger partial charge on any atom is 0.341 e. The van der Waals surface area contributed by atoms with Crippen molar-refractivity contribution in [2.24, 2.45) is 0 Å². The van der Waals surface area contributed by atoms with Crippen molar-refractivity contribution in [1.82, 2.24) is 4.98 Å². The lowest BCUT2D eigenvalue weighted by atomic mass is 10.2. The Labute approximate surface area is 102 Å². The molecule has 0 aliphatic heterocycles. The van der Waals surface area contributed by atoms with Crippen LogP contribution in [0.3, 0.4) is 0 Å². The number of aromatic nitrogens is 1. The quantitative estimate of drug-likeness (QED) is 0.489. The molecule has 0 bridgehead atoms. The molecule has 4 nitrogen and oxygen atoms in total. The first kappa shape index (κ1) is 12.2. The summed E-state index contributed by atoms with van der Waals surface area (Å²) in [6, 6.07) is 1.57. The van der Waals surface area contributed by atoms with Crippen molar-refractivity contribution in [3.63, 3.8) is 0 Å². The van der Waals surface area contributed by atoms with E-state index in [9.17, 15) is 4.79 Å². The first-order valence-corrected chi connectivity index (χ1v) is 5.52. The molecule has 15 heavy (non-hydrogen) atoms. The molecule has 1 aromatic rings. The van der Waals surface area contributed by atoms with Crippen molar-refractivity contribution in [3.05, 3.63) is 21.5 Å². The Morgan fingerprint density at radius 2 is 2.13 bits per heavy atom. The predicted octanol–water partition coefficient (Wildman–Crippen LogP) is 2.22. The molecule has 0 spiro atoms. The van der Waals surface area contributed by atoms with E-state index in [2.05, 4.69) is 4.98 Å². The van der Waals surface area contributed by atoms with Gasteiger partial charge in [-0.3, -0.25) is 0 Å². The Kier molecular flexibility index (Phi) is 3.54. The fourth-order valence-electron chi connectivity index (χ4n) is 0.940. The Morgan fingerprint density at radius 1 is 1.53 bits per heavy atom. The molecule has 0 saturated heterocycles. The number of anilines is 1. The number of rotatable bonds is 1. The first-order chi connectivity index (χ1) is 6.79. The Hall–Kier alpha value is -0.850. The molecule has 0 amide bonds. The zero-order chi connectivity index (χ0) is 11.6. The van der Waals surface area contributed by atoms with Gasteiger partial charge in [0.15, 0.2) is 0 Å². The van der Waals surface area contributed by atoms with Gasteiger partial charge < -0.3 is 10.5 Å². The fourth-order valence-corrected chi connectivity index (χ4v) is 1.46. The summed E-state index contributed by atoms with van der Waals surface area (Å²) >= 11 is 1.98. The smallest absolute Gasteiger partial charge is 0.341 e. The van der Waals surface area contributed by atoms with Crippen molar-refractivity contribution in [2.45, 2.75) is 26.4 Å². The number of hydrogen-bond acceptors (Lipinski definition) is 4. The van der Waals surface area contributed by atoms with Crippen LogP contribution in [0.25, 0.3) is 0 Å². The van der Waals surface area contributed by atoms with Gasteiger partial charge in [0.2, 0.25) is 0 Å². The van der Waals surface area contributed by atoms with Crippen molar-refractivity contribution in [2.75, 3.05) is 5.73 Å². The van der Waals surface area contributed by atoms with Crippen LogP contribution in [0.1, 0.15) is 31.1 Å². The van der Waals surface area contributed by atoms with E-state index in [-0.39, 0.29) is 0 Å². The maximum atomic E-state index is 11.7. The molecule has 1 aromatic heterocycles. The van der Waals surface area contributed by atoms with Crippen LogP contribution in [0.5, 0.6) is 0 Å². The summed E-state index contributed by atoms with van der Waals surface area (Å²) in [6.45, 7) is 5.45. The normalized spacial score (nSPS) is 11.2. The zero-order valence-corrected chi connectivity index (χ0v) is 11.0. The molecule has 0 atom stereocenters. The van der Waals surface area contributed by atoms with Crippen molar-refractivity contribution in [1.29, 1.82) is 0 Å². The SMILES string of the molecule is CC(C)(C)OC(=O)c1cc(N)cnc1I. The van der Waals surface area contributed by atoms with Crippen LogP contribution in [0.2, 0.25) is 0 Å². The van der Waals surface area contributed by atoms with Crippen LogP contribution in [0.15, 0.2) is 12.3 Å². The van der Waals surface area contributed by atoms with Gasteiger partial charge in [-0.15, -0.1) is 0 Å². The van der Waals surface area contributed by atoms with Gasteiger partial charge in [0.1, 0.15) is 9.30 Å². The molecule has 1 rings (SSSR count). The highest BCUT2D eigenvalue weighted by atomic mass is 127. The molecule has 5 heteroatoms. The predicted molar refractivity (Wildman–Crippen MR) is 66.5 cm³/mol. The fraction of sp³-hybridized carbons (Fsp3) is 0.400. The van der Waals surface area contributed by atoms with Crippen LogP contribution >= 0.6 is 22.6 Å². The van der Waals surface area contributed by atoms with Gasteiger partial charge >= 0.3 is 5.97 Å². The molecular formula is C10H13IN2O2. The third kappa shape index (κ3) is 3.65. The molecule has 0 aromatic carbocycles. The highest BCUT2D eigenvalue weighted by Gasteiger charge is 2.20. The van der Waals surface area contributed by atoms with E-state index in [1.54, 1.807) is 6.07 Å². The maximum absolute atomic E-state index is 11.7. The zero-order valence-electron chi connectivity index (χ0n) is 8.87. The summed E-state index contributed by atoms with van der Waals surface area (Å²) in [7, 11) is 0. The second kappa shape index (κ2) is 4.34. The number of nitrogen functional groups attached to an aromatic ring is 1. The van der Waals surface area contributed by atoms with Crippen LogP contribution in [0, 0.1) is 3.70 Å². The molecule has 0 radical (unpaired) electrons. The molecule has 1 heterocycles. The number of carbonyl (C=O) groups is 1. The monoisotopic (exact) mass is 320 g/mol. The summed E-state index contributed by atoms with van der Waals surface area (Å²) in [5, 5.41) is 0. The van der Waals surface area contributed by atoms with Crippen LogP contribution < -0.4 is 5.73 Å². The highest BCUT2D eigenvalue weighted by molar-refractivity contribution is 14.1. The number of halogens is 1. The summed E-state index contributed by atoms with van der Waals surface area (Å²) in [5.74, 6) is -0.397. The largest absolute Gasteiger partial charge is 0.456 e. The van der Waals surface area contributed by atoms with Gasteiger partial charge in [0.25, 0.3) is 0 Å². The molecule has 0 unspecified atom stereocenters. The molecule has 82 valence electrons. The van der Waals surface area contributed by atoms with Crippen LogP contribution in [-0.4, -0.2) is 16.6 Å². The van der Waals surface area contributed by atoms with Gasteiger partial charge in [-0.2, -0.15) is 0 Å². The van der Waals surface area contributed by atoms with Crippen LogP contribution in [0.4, 0.5) is 5.69 Å². The minimum atomic E-state index is -0.509. The second-order valence-corrected chi connectivity index (χ2v) is 5.13. The molecule has 0 fully saturated rings. The molecule has 0 aliphatic carbocycles. The van der Waals surface area contributed by atoms with Gasteiger partial charge in [-0.25, -0.2) is 9.78 Å². The Bertz CT molecular complexity index is 385. The number of nitrogens with two attached hydrogens (primary N) is 1. The lowest BCUT2D eigenvalue weighted by molar-refractivity contribution is 0.00678. The van der Waals surface area contributed by atoms with Crippen molar-refractivity contribution < 1.29 is 9.53 Å². The molecule has 0 aliphatic rings. The summed E-state index contributed by atoms with van der Waals surface area (Å²) in [4.78, 5) is 15.7. The number of pyridine rings is 1. The highest BCUT2D eigenvalue weighted by Crippen LogP contribution is 2.17. The van der Waals surface area contributed by atoms with Gasteiger partial charge in [0.05, 0.1) is 17.4 Å². The van der Waals surface area contributed by atoms with E-state index < -0.39 is 11.6 Å². The van der Waals surface area contributed by atoms with E-state index in [0.29, 0.717) is 15.0 Å². The number of ether oxygens (including phenoxy) is 1. The first-order valence-electron chi connectivity index (χ1n) is 4.44. The number of hydrogen-bond donors (Lipinski definition) is 1. The van der Waals surface area contributed by atoms with E-state index >= 15 is 0 Å². The second-order valence-electron chi connectivity index (χ2n) is 4.11. The van der Waals surface area contributed by atoms with Crippen LogP contribution in [-0.2, 0) is 4.74 Å². The van der Waals surface area contributed by atoms with Crippen molar-refractivity contribution >= 4 is 34.2 Å². The molecule has 2 N–H and O–H groups in total. The van der Waals surface area contributed by atoms with E-state index in [1.807, 2.05) is 43.4 Å². The summed E-state index contributed by atoms with van der Waals surface area (Å²) in [5.41, 5.74) is 5.91. The van der Waals surface area contributed by atoms with E-state index in [0.717, 1.165) is 0 Å². The summed E-state index contributed by atoms with van der Waals surface area (Å²) < 4.78 is 5.81. The number of carbonyl (C=O) groups excluding carboxylic acids is 1.